The van der Waals surface area contributed by atoms with E-state index in [1.807, 2.05) is 0 Å². The first-order chi connectivity index (χ1) is 11.4. The highest BCUT2D eigenvalue weighted by Crippen LogP contribution is 2.14. The van der Waals surface area contributed by atoms with Crippen LogP contribution in [0.4, 0.5) is 0 Å². The van der Waals surface area contributed by atoms with Crippen LogP contribution in [0.1, 0.15) is 43.4 Å². The molecule has 7 heteroatoms. The zero-order chi connectivity index (χ0) is 15.9. The number of aryl methyl sites for hydroxylation is 1. The van der Waals surface area contributed by atoms with Gasteiger partial charge in [-0.1, -0.05) is 6.42 Å². The van der Waals surface area contributed by atoms with Crippen LogP contribution in [0.2, 0.25) is 0 Å². The fourth-order valence-corrected chi connectivity index (χ4v) is 3.39. The Labute approximate surface area is 141 Å². The van der Waals surface area contributed by atoms with Crippen molar-refractivity contribution in [3.05, 3.63) is 34.0 Å². The van der Waals surface area contributed by atoms with Gasteiger partial charge in [-0.15, -0.1) is 10.2 Å². The molecule has 0 radical (unpaired) electrons. The van der Waals surface area contributed by atoms with Gasteiger partial charge in [0, 0.05) is 19.5 Å². The van der Waals surface area contributed by atoms with E-state index in [4.69, 9.17) is 0 Å². The number of rotatable bonds is 5. The second-order valence-electron chi connectivity index (χ2n) is 5.68. The fourth-order valence-electron chi connectivity index (χ4n) is 2.73. The van der Waals surface area contributed by atoms with Crippen molar-refractivity contribution >= 4 is 17.3 Å². The number of thiophene rings is 1. The van der Waals surface area contributed by atoms with Gasteiger partial charge >= 0.3 is 0 Å². The third-order valence-corrected chi connectivity index (χ3v) is 4.68. The molecule has 0 aromatic carbocycles. The average molecular weight is 332 g/mol. The van der Waals surface area contributed by atoms with E-state index in [9.17, 15) is 0 Å². The maximum atomic E-state index is 4.63. The molecule has 0 aliphatic carbocycles. The molecular weight excluding hydrogens is 308 g/mol. The minimum atomic E-state index is 0.655. The minimum absolute atomic E-state index is 0.655. The third-order valence-electron chi connectivity index (χ3n) is 3.94. The Kier molecular flexibility index (Phi) is 5.63. The van der Waals surface area contributed by atoms with Crippen LogP contribution in [0, 0.1) is 0 Å². The molecule has 2 N–H and O–H groups in total. The maximum Gasteiger partial charge on any atom is 0.191 e. The van der Waals surface area contributed by atoms with Gasteiger partial charge in [0.2, 0.25) is 0 Å². The molecule has 2 aromatic heterocycles. The maximum absolute atomic E-state index is 4.63. The topological polar surface area (TPSA) is 67.1 Å². The molecule has 0 fully saturated rings. The van der Waals surface area contributed by atoms with Crippen LogP contribution < -0.4 is 10.6 Å². The lowest BCUT2D eigenvalue weighted by Crippen LogP contribution is -2.37. The second kappa shape index (κ2) is 8.10. The van der Waals surface area contributed by atoms with E-state index < -0.39 is 0 Å². The first-order valence-electron chi connectivity index (χ1n) is 8.31. The van der Waals surface area contributed by atoms with Crippen LogP contribution >= 0.6 is 11.3 Å². The van der Waals surface area contributed by atoms with Gasteiger partial charge in [-0.25, -0.2) is 4.99 Å². The van der Waals surface area contributed by atoms with E-state index in [-0.39, 0.29) is 0 Å². The molecule has 6 nitrogen and oxygen atoms in total. The molecule has 0 bridgehead atoms. The van der Waals surface area contributed by atoms with Crippen LogP contribution in [0.15, 0.2) is 21.8 Å². The summed E-state index contributed by atoms with van der Waals surface area (Å²) in [6, 6.07) is 2.11. The van der Waals surface area contributed by atoms with Crippen LogP contribution in [0.5, 0.6) is 0 Å². The SMILES string of the molecule is CCNC(=NCc1ccsc1)NCc1nnc2n1CCCCC2. The van der Waals surface area contributed by atoms with Crippen molar-refractivity contribution in [2.24, 2.45) is 4.99 Å². The zero-order valence-corrected chi connectivity index (χ0v) is 14.4. The Bertz CT molecular complexity index is 631. The van der Waals surface area contributed by atoms with E-state index >= 15 is 0 Å². The molecule has 0 saturated heterocycles. The Morgan fingerprint density at radius 3 is 3.09 bits per heavy atom. The van der Waals surface area contributed by atoms with Gasteiger partial charge in [-0.2, -0.15) is 11.3 Å². The Morgan fingerprint density at radius 1 is 1.30 bits per heavy atom. The molecule has 3 rings (SSSR count). The molecule has 2 aromatic rings. The number of nitrogens with zero attached hydrogens (tertiary/aromatic N) is 4. The summed E-state index contributed by atoms with van der Waals surface area (Å²) in [6.45, 7) is 5.29. The Hall–Kier alpha value is -1.89. The van der Waals surface area contributed by atoms with Crippen molar-refractivity contribution in [1.29, 1.82) is 0 Å². The number of fused-ring (bicyclic) bond motifs is 1. The second-order valence-corrected chi connectivity index (χ2v) is 6.46. The lowest BCUT2D eigenvalue weighted by Gasteiger charge is -2.12. The van der Waals surface area contributed by atoms with Crippen LogP contribution in [-0.4, -0.2) is 27.3 Å². The van der Waals surface area contributed by atoms with Gasteiger partial charge in [0.05, 0.1) is 13.1 Å². The van der Waals surface area contributed by atoms with Gasteiger partial charge in [-0.3, -0.25) is 0 Å². The summed E-state index contributed by atoms with van der Waals surface area (Å²) in [4.78, 5) is 4.63. The molecule has 23 heavy (non-hydrogen) atoms. The Morgan fingerprint density at radius 2 is 2.26 bits per heavy atom. The Balaban J connectivity index is 1.62. The molecule has 0 spiro atoms. The molecule has 0 amide bonds. The van der Waals surface area contributed by atoms with Crippen molar-refractivity contribution < 1.29 is 0 Å². The molecule has 1 aliphatic rings. The van der Waals surface area contributed by atoms with Crippen molar-refractivity contribution in [3.8, 4) is 0 Å². The van der Waals surface area contributed by atoms with Gasteiger partial charge < -0.3 is 15.2 Å². The minimum Gasteiger partial charge on any atom is -0.357 e. The highest BCUT2D eigenvalue weighted by Gasteiger charge is 2.14. The van der Waals surface area contributed by atoms with E-state index in [0.29, 0.717) is 13.1 Å². The van der Waals surface area contributed by atoms with E-state index in [0.717, 1.165) is 37.1 Å². The van der Waals surface area contributed by atoms with Crippen molar-refractivity contribution in [1.82, 2.24) is 25.4 Å². The standard InChI is InChI=1S/C16H24N6S/c1-2-17-16(18-10-13-7-9-23-12-13)19-11-15-21-20-14-6-4-3-5-8-22(14)15/h7,9,12H,2-6,8,10-11H2,1H3,(H2,17,18,19). The first-order valence-corrected chi connectivity index (χ1v) is 9.25. The first kappa shape index (κ1) is 16.0. The number of aromatic nitrogens is 3. The number of hydrogen-bond donors (Lipinski definition) is 2. The van der Waals surface area contributed by atoms with Crippen molar-refractivity contribution in [3.63, 3.8) is 0 Å². The normalized spacial score (nSPS) is 15.1. The van der Waals surface area contributed by atoms with Crippen LogP contribution in [0.3, 0.4) is 0 Å². The average Bonchev–Trinajstić information content (AvgIpc) is 3.15. The summed E-state index contributed by atoms with van der Waals surface area (Å²) in [6.07, 6.45) is 4.75. The third kappa shape index (κ3) is 4.31. The van der Waals surface area contributed by atoms with E-state index in [1.54, 1.807) is 11.3 Å². The van der Waals surface area contributed by atoms with Gasteiger partial charge in [0.25, 0.3) is 0 Å². The van der Waals surface area contributed by atoms with Gasteiger partial charge in [0.15, 0.2) is 11.8 Å². The smallest absolute Gasteiger partial charge is 0.191 e. The number of aliphatic imine (C=N–C) groups is 1. The lowest BCUT2D eigenvalue weighted by atomic mass is 10.2. The van der Waals surface area contributed by atoms with Crippen LogP contribution in [0.25, 0.3) is 0 Å². The van der Waals surface area contributed by atoms with E-state index in [2.05, 4.69) is 54.1 Å². The molecule has 0 unspecified atom stereocenters. The van der Waals surface area contributed by atoms with Crippen molar-refractivity contribution in [2.75, 3.05) is 6.54 Å². The summed E-state index contributed by atoms with van der Waals surface area (Å²) in [5.74, 6) is 2.95. The zero-order valence-electron chi connectivity index (χ0n) is 13.6. The summed E-state index contributed by atoms with van der Waals surface area (Å²) in [5, 5.41) is 19.6. The molecule has 1 aliphatic heterocycles. The quantitative estimate of drug-likeness (QED) is 0.651. The molecule has 124 valence electrons. The monoisotopic (exact) mass is 332 g/mol. The summed E-state index contributed by atoms with van der Waals surface area (Å²) in [5.41, 5.74) is 1.24. The molecule has 0 atom stereocenters. The summed E-state index contributed by atoms with van der Waals surface area (Å²) < 4.78 is 2.27. The molecule has 0 saturated carbocycles. The fraction of sp³-hybridized carbons (Fsp3) is 0.562. The molecule has 3 heterocycles. The molecular formula is C16H24N6S. The largest absolute Gasteiger partial charge is 0.357 e. The van der Waals surface area contributed by atoms with Gasteiger partial charge in [0.1, 0.15) is 5.82 Å². The predicted molar refractivity (Wildman–Crippen MR) is 93.6 cm³/mol. The van der Waals surface area contributed by atoms with Crippen LogP contribution in [-0.2, 0) is 26.1 Å². The highest BCUT2D eigenvalue weighted by atomic mass is 32.1. The van der Waals surface area contributed by atoms with Gasteiger partial charge in [-0.05, 0) is 42.2 Å². The van der Waals surface area contributed by atoms with E-state index in [1.165, 1.54) is 24.8 Å². The summed E-state index contributed by atoms with van der Waals surface area (Å²) in [7, 11) is 0. The number of hydrogen-bond acceptors (Lipinski definition) is 4. The summed E-state index contributed by atoms with van der Waals surface area (Å²) >= 11 is 1.70. The lowest BCUT2D eigenvalue weighted by molar-refractivity contribution is 0.596. The number of nitrogens with one attached hydrogen (secondary N) is 2. The predicted octanol–water partition coefficient (Wildman–Crippen LogP) is 2.32. The highest BCUT2D eigenvalue weighted by molar-refractivity contribution is 7.07. The van der Waals surface area contributed by atoms with Crippen molar-refractivity contribution in [2.45, 2.75) is 52.2 Å². The number of guanidine groups is 1.